The molecule has 28 heavy (non-hydrogen) atoms. The number of carbonyl (C=O) groups is 1. The molecular formula is C18H21NO7S2. The Labute approximate surface area is 164 Å². The smallest absolute Gasteiger partial charge is 0.261 e. The van der Waals surface area contributed by atoms with Gasteiger partial charge in [-0.25, -0.2) is 8.42 Å². The highest BCUT2D eigenvalue weighted by molar-refractivity contribution is 7.94. The molecule has 2 aliphatic heterocycles. The lowest BCUT2D eigenvalue weighted by Gasteiger charge is -2.15. The van der Waals surface area contributed by atoms with E-state index in [1.165, 1.54) is 35.4 Å². The minimum absolute atomic E-state index is 0.0174. The molecule has 1 amide bonds. The summed E-state index contributed by atoms with van der Waals surface area (Å²) in [5.74, 6) is 0.341. The Morgan fingerprint density at radius 2 is 1.79 bits per heavy atom. The third-order valence-electron chi connectivity index (χ3n) is 3.37. The number of aryl methyl sites for hydroxylation is 1. The maximum absolute atomic E-state index is 11.3. The SMILES string of the molecule is C=CS(=O)(=O)c1cccc(C(N)=O)c1.CS(=O)(=O)O.Cc1cc2ccc1CO2. The van der Waals surface area contributed by atoms with Crippen LogP contribution in [-0.2, 0) is 26.6 Å². The van der Waals surface area contributed by atoms with E-state index in [9.17, 15) is 21.6 Å². The van der Waals surface area contributed by atoms with Crippen LogP contribution >= 0.6 is 0 Å². The van der Waals surface area contributed by atoms with E-state index in [2.05, 4.69) is 25.6 Å². The van der Waals surface area contributed by atoms with E-state index in [1.54, 1.807) is 0 Å². The van der Waals surface area contributed by atoms with E-state index in [-0.39, 0.29) is 10.5 Å². The number of carbonyl (C=O) groups excluding carboxylic acids is 1. The Morgan fingerprint density at radius 3 is 2.11 bits per heavy atom. The zero-order valence-electron chi connectivity index (χ0n) is 15.3. The molecule has 0 aromatic heterocycles. The molecule has 0 saturated carbocycles. The zero-order chi connectivity index (χ0) is 21.5. The quantitative estimate of drug-likeness (QED) is 0.715. The number of rotatable bonds is 3. The predicted molar refractivity (Wildman–Crippen MR) is 105 cm³/mol. The second-order valence-electron chi connectivity index (χ2n) is 5.71. The first-order valence-corrected chi connectivity index (χ1v) is 11.1. The molecule has 0 atom stereocenters. The minimum atomic E-state index is -3.67. The van der Waals surface area contributed by atoms with Gasteiger partial charge in [-0.3, -0.25) is 9.35 Å². The number of benzene rings is 2. The van der Waals surface area contributed by atoms with Crippen molar-refractivity contribution < 1.29 is 30.9 Å². The summed E-state index contributed by atoms with van der Waals surface area (Å²) >= 11 is 0. The van der Waals surface area contributed by atoms with Crippen molar-refractivity contribution in [1.29, 1.82) is 0 Å². The number of primary amides is 1. The summed E-state index contributed by atoms with van der Waals surface area (Å²) in [6, 6.07) is 11.7. The predicted octanol–water partition coefficient (Wildman–Crippen LogP) is 2.09. The van der Waals surface area contributed by atoms with Crippen LogP contribution in [0, 0.1) is 6.92 Å². The molecule has 0 saturated heterocycles. The van der Waals surface area contributed by atoms with Gasteiger partial charge in [0, 0.05) is 11.0 Å². The highest BCUT2D eigenvalue weighted by Crippen LogP contribution is 2.23. The van der Waals surface area contributed by atoms with Crippen LogP contribution in [0.4, 0.5) is 0 Å². The van der Waals surface area contributed by atoms with Gasteiger partial charge >= 0.3 is 0 Å². The molecule has 2 aliphatic rings. The van der Waals surface area contributed by atoms with E-state index >= 15 is 0 Å². The van der Waals surface area contributed by atoms with Gasteiger partial charge in [0.25, 0.3) is 10.1 Å². The molecule has 2 aromatic carbocycles. The van der Waals surface area contributed by atoms with Gasteiger partial charge in [0.15, 0.2) is 9.84 Å². The van der Waals surface area contributed by atoms with Crippen molar-refractivity contribution in [2.45, 2.75) is 18.4 Å². The van der Waals surface area contributed by atoms with E-state index in [0.29, 0.717) is 6.26 Å². The first-order chi connectivity index (χ1) is 12.8. The molecule has 0 spiro atoms. The summed E-state index contributed by atoms with van der Waals surface area (Å²) in [7, 11) is -7.16. The lowest BCUT2D eigenvalue weighted by molar-refractivity contribution is 0.1000. The van der Waals surface area contributed by atoms with Gasteiger partial charge in [-0.1, -0.05) is 18.7 Å². The first-order valence-electron chi connectivity index (χ1n) is 7.75. The Kier molecular flexibility index (Phi) is 7.91. The van der Waals surface area contributed by atoms with Crippen LogP contribution in [0.25, 0.3) is 0 Å². The van der Waals surface area contributed by atoms with E-state index < -0.39 is 25.9 Å². The van der Waals surface area contributed by atoms with E-state index in [1.807, 2.05) is 6.07 Å². The maximum Gasteiger partial charge on any atom is 0.261 e. The molecule has 2 heterocycles. The van der Waals surface area contributed by atoms with Crippen LogP contribution in [-0.4, -0.2) is 33.6 Å². The van der Waals surface area contributed by atoms with Crippen molar-refractivity contribution in [2.75, 3.05) is 6.26 Å². The molecule has 0 fully saturated rings. The largest absolute Gasteiger partial charge is 0.489 e. The van der Waals surface area contributed by atoms with Crippen LogP contribution in [0.1, 0.15) is 21.5 Å². The van der Waals surface area contributed by atoms with Crippen molar-refractivity contribution >= 4 is 25.9 Å². The summed E-state index contributed by atoms with van der Waals surface area (Å²) in [5.41, 5.74) is 7.82. The standard InChI is InChI=1S/C9H9NO3S.C8H8O.CH4O3S/c1-2-14(12,13)8-5-3-4-7(6-8)9(10)11;1-6-4-8-3-2-7(6)5-9-8;1-5(2,3)4/h2-6H,1H2,(H2,10,11);2-4H,5H2,1H3;1H3,(H,2,3,4). The average Bonchev–Trinajstić information content (AvgIpc) is 2.62. The molecule has 3 N–H and O–H groups in total. The second kappa shape index (κ2) is 9.49. The van der Waals surface area contributed by atoms with E-state index in [4.69, 9.17) is 15.0 Å². The van der Waals surface area contributed by atoms with Crippen LogP contribution in [0.3, 0.4) is 0 Å². The summed E-state index contributed by atoms with van der Waals surface area (Å²) in [6.07, 6.45) is 0.715. The third-order valence-corrected chi connectivity index (χ3v) is 4.72. The van der Waals surface area contributed by atoms with Gasteiger partial charge in [0.05, 0.1) is 11.2 Å². The highest BCUT2D eigenvalue weighted by Gasteiger charge is 2.11. The summed E-state index contributed by atoms with van der Waals surface area (Å²) in [6.45, 7) is 6.06. The van der Waals surface area contributed by atoms with Crippen LogP contribution in [0.2, 0.25) is 0 Å². The van der Waals surface area contributed by atoms with Crippen molar-refractivity contribution in [2.24, 2.45) is 5.73 Å². The fourth-order valence-corrected chi connectivity index (χ4v) is 2.76. The fourth-order valence-electron chi connectivity index (χ4n) is 2.00. The molecule has 4 rings (SSSR count). The van der Waals surface area contributed by atoms with Crippen molar-refractivity contribution in [3.8, 4) is 5.75 Å². The van der Waals surface area contributed by atoms with Crippen molar-refractivity contribution in [1.82, 2.24) is 0 Å². The minimum Gasteiger partial charge on any atom is -0.489 e. The van der Waals surface area contributed by atoms with Gasteiger partial charge in [0.2, 0.25) is 5.91 Å². The lowest BCUT2D eigenvalue weighted by Crippen LogP contribution is -2.11. The number of amides is 1. The number of fused-ring (bicyclic) bond motifs is 3. The van der Waals surface area contributed by atoms with Crippen molar-refractivity contribution in [3.63, 3.8) is 0 Å². The number of nitrogens with two attached hydrogens (primary N) is 1. The van der Waals surface area contributed by atoms with Gasteiger partial charge < -0.3 is 10.5 Å². The van der Waals surface area contributed by atoms with Gasteiger partial charge in [-0.15, -0.1) is 0 Å². The van der Waals surface area contributed by atoms with Gasteiger partial charge in [0.1, 0.15) is 12.4 Å². The summed E-state index contributed by atoms with van der Waals surface area (Å²) in [4.78, 5) is 10.8. The number of hydrogen-bond acceptors (Lipinski definition) is 6. The van der Waals surface area contributed by atoms with Crippen LogP contribution in [0.15, 0.2) is 59.3 Å². The molecular weight excluding hydrogens is 406 g/mol. The Balaban J connectivity index is 0.000000238. The Morgan fingerprint density at radius 1 is 1.18 bits per heavy atom. The second-order valence-corrected chi connectivity index (χ2v) is 9.07. The zero-order valence-corrected chi connectivity index (χ0v) is 17.0. The lowest BCUT2D eigenvalue weighted by atomic mass is 10.1. The van der Waals surface area contributed by atoms with Crippen LogP contribution in [0.5, 0.6) is 5.75 Å². The van der Waals surface area contributed by atoms with Crippen molar-refractivity contribution in [3.05, 3.63) is 71.1 Å². The van der Waals surface area contributed by atoms with E-state index in [0.717, 1.165) is 17.8 Å². The molecule has 8 nitrogen and oxygen atoms in total. The fraction of sp³-hybridized carbons (Fsp3) is 0.167. The topological polar surface area (TPSA) is 141 Å². The maximum atomic E-state index is 11.3. The Bertz CT molecular complexity index is 1070. The highest BCUT2D eigenvalue weighted by atomic mass is 32.2. The normalized spacial score (nSPS) is 11.8. The van der Waals surface area contributed by atoms with Crippen LogP contribution < -0.4 is 10.5 Å². The van der Waals surface area contributed by atoms with Gasteiger partial charge in [-0.05, 0) is 48.4 Å². The average molecular weight is 428 g/mol. The number of hydrogen-bond donors (Lipinski definition) is 2. The summed E-state index contributed by atoms with van der Waals surface area (Å²) < 4.78 is 53.7. The van der Waals surface area contributed by atoms with Gasteiger partial charge in [-0.2, -0.15) is 8.42 Å². The number of ether oxygens (including phenoxy) is 1. The Hall–Kier alpha value is -2.69. The molecule has 2 aromatic rings. The molecule has 10 heteroatoms. The summed E-state index contributed by atoms with van der Waals surface area (Å²) in [5, 5.41) is 0.826. The first kappa shape index (κ1) is 23.3. The molecule has 0 radical (unpaired) electrons. The molecule has 152 valence electrons. The number of sulfone groups is 1. The molecule has 2 bridgehead atoms. The monoisotopic (exact) mass is 427 g/mol. The molecule has 0 aliphatic carbocycles. The third kappa shape index (κ3) is 7.91. The molecule has 0 unspecified atom stereocenters.